The van der Waals surface area contributed by atoms with Crippen LogP contribution < -0.4 is 19.7 Å². The van der Waals surface area contributed by atoms with Gasteiger partial charge in [0.2, 0.25) is 11.8 Å². The normalized spacial score (nSPS) is 23.6. The Morgan fingerprint density at radius 1 is 1.16 bits per heavy atom. The molecule has 3 aliphatic heterocycles. The second kappa shape index (κ2) is 9.69. The van der Waals surface area contributed by atoms with E-state index in [4.69, 9.17) is 14.2 Å². The molecule has 12 heteroatoms. The summed E-state index contributed by atoms with van der Waals surface area (Å²) in [6.07, 6.45) is -0.609. The molecule has 37 heavy (non-hydrogen) atoms. The molecule has 0 radical (unpaired) electrons. The Morgan fingerprint density at radius 2 is 2.05 bits per heavy atom. The number of rotatable bonds is 6. The molecule has 2 fully saturated rings. The Balaban J connectivity index is 1.10. The first-order chi connectivity index (χ1) is 18.0. The van der Waals surface area contributed by atoms with Crippen LogP contribution >= 0.6 is 11.8 Å². The van der Waals surface area contributed by atoms with Crippen molar-refractivity contribution in [3.05, 3.63) is 42.7 Å². The number of nitrogens with one attached hydrogen (secondary N) is 1. The molecule has 1 aromatic heterocycles. The van der Waals surface area contributed by atoms with Gasteiger partial charge in [-0.3, -0.25) is 14.6 Å². The molecule has 3 aliphatic rings. The van der Waals surface area contributed by atoms with Gasteiger partial charge < -0.3 is 24.6 Å². The molecule has 6 rings (SSSR count). The summed E-state index contributed by atoms with van der Waals surface area (Å²) < 4.78 is 17.0. The van der Waals surface area contributed by atoms with Crippen LogP contribution in [0.25, 0.3) is 10.9 Å². The number of amides is 2. The quantitative estimate of drug-likeness (QED) is 0.496. The Bertz CT molecular complexity index is 1370. The van der Waals surface area contributed by atoms with Gasteiger partial charge in [0, 0.05) is 30.2 Å². The van der Waals surface area contributed by atoms with Crippen molar-refractivity contribution in [2.45, 2.75) is 23.2 Å². The number of nitrogens with zero attached hydrogens (tertiary/aromatic N) is 4. The van der Waals surface area contributed by atoms with Gasteiger partial charge in [-0.25, -0.2) is 14.8 Å². The Hall–Kier alpha value is -3.61. The molecule has 3 atom stereocenters. The van der Waals surface area contributed by atoms with Gasteiger partial charge in [-0.05, 0) is 36.4 Å². The number of β-amino-alcohol motifs (C(OH)–C–C–N with tert-alkyl or cyclic N) is 1. The number of carbonyl (C=O) groups is 2. The van der Waals surface area contributed by atoms with Crippen molar-refractivity contribution in [2.24, 2.45) is 0 Å². The molecule has 192 valence electrons. The average molecular weight is 524 g/mol. The van der Waals surface area contributed by atoms with Crippen molar-refractivity contribution in [1.29, 1.82) is 0 Å². The minimum absolute atomic E-state index is 0.0602. The lowest BCUT2D eigenvalue weighted by Crippen LogP contribution is -2.34. The fourth-order valence-corrected chi connectivity index (χ4v) is 5.62. The fourth-order valence-electron chi connectivity index (χ4n) is 4.83. The Kier molecular flexibility index (Phi) is 6.22. The summed E-state index contributed by atoms with van der Waals surface area (Å²) in [4.78, 5) is 37.5. The number of benzene rings is 2. The van der Waals surface area contributed by atoms with Gasteiger partial charge in [-0.15, -0.1) is 11.8 Å². The fraction of sp³-hybridized carbons (Fsp3) is 0.360. The van der Waals surface area contributed by atoms with E-state index in [0.29, 0.717) is 65.8 Å². The summed E-state index contributed by atoms with van der Waals surface area (Å²) in [5.41, 5.74) is 2.09. The van der Waals surface area contributed by atoms with Crippen LogP contribution in [0.15, 0.2) is 47.6 Å². The number of hydrogen-bond donors (Lipinski definition) is 2. The number of carbonyl (C=O) groups excluding carboxylic acids is 2. The maximum absolute atomic E-state index is 12.6. The standard InChI is InChI=1S/C25H25N5O6S/c1-34-15-3-4-18-17(7-15)24(27-13-26-18)36-21-11-29(10-20(21)31)8-16-9-30(25(33)35-16)14-2-5-22-19(6-14)28-23(32)12-37-22/h2-7,13,16,20-21,31H,8-12H2,1H3,(H,28,32)/t16?,20-,21-/m1/s1. The van der Waals surface area contributed by atoms with Crippen LogP contribution in [0.5, 0.6) is 11.6 Å². The van der Waals surface area contributed by atoms with Crippen LogP contribution in [-0.4, -0.2) is 89.3 Å². The number of aliphatic hydroxyl groups is 1. The number of likely N-dealkylation sites (tertiary alicyclic amines) is 1. The van der Waals surface area contributed by atoms with Crippen molar-refractivity contribution in [2.75, 3.05) is 49.3 Å². The summed E-state index contributed by atoms with van der Waals surface area (Å²) in [6.45, 7) is 1.65. The van der Waals surface area contributed by atoms with E-state index in [1.54, 1.807) is 24.1 Å². The van der Waals surface area contributed by atoms with Crippen molar-refractivity contribution in [3.8, 4) is 11.6 Å². The second-order valence-electron chi connectivity index (χ2n) is 9.14. The van der Waals surface area contributed by atoms with Crippen molar-refractivity contribution < 1.29 is 28.9 Å². The average Bonchev–Trinajstić information content (AvgIpc) is 3.44. The van der Waals surface area contributed by atoms with Crippen LogP contribution in [0.1, 0.15) is 0 Å². The van der Waals surface area contributed by atoms with Crippen LogP contribution in [0.2, 0.25) is 0 Å². The van der Waals surface area contributed by atoms with E-state index in [0.717, 1.165) is 4.90 Å². The molecular weight excluding hydrogens is 498 g/mol. The van der Waals surface area contributed by atoms with Crippen molar-refractivity contribution >= 4 is 46.0 Å². The highest BCUT2D eigenvalue weighted by Crippen LogP contribution is 2.36. The highest BCUT2D eigenvalue weighted by molar-refractivity contribution is 8.00. The van der Waals surface area contributed by atoms with Crippen molar-refractivity contribution in [1.82, 2.24) is 14.9 Å². The molecule has 0 aliphatic carbocycles. The predicted molar refractivity (Wildman–Crippen MR) is 136 cm³/mol. The van der Waals surface area contributed by atoms with Gasteiger partial charge >= 0.3 is 6.09 Å². The minimum atomic E-state index is -0.731. The Morgan fingerprint density at radius 3 is 2.92 bits per heavy atom. The summed E-state index contributed by atoms with van der Waals surface area (Å²) in [5, 5.41) is 14.2. The third-order valence-corrected chi connectivity index (χ3v) is 7.70. The molecular formula is C25H25N5O6S. The first kappa shape index (κ1) is 23.8. The summed E-state index contributed by atoms with van der Waals surface area (Å²) in [5.74, 6) is 1.36. The summed E-state index contributed by atoms with van der Waals surface area (Å²) >= 11 is 1.47. The number of aromatic nitrogens is 2. The molecule has 0 spiro atoms. The summed E-state index contributed by atoms with van der Waals surface area (Å²) in [7, 11) is 1.59. The zero-order valence-corrected chi connectivity index (χ0v) is 20.8. The van der Waals surface area contributed by atoms with E-state index >= 15 is 0 Å². The molecule has 0 bridgehead atoms. The topological polar surface area (TPSA) is 126 Å². The monoisotopic (exact) mass is 523 g/mol. The van der Waals surface area contributed by atoms with Gasteiger partial charge in [-0.2, -0.15) is 0 Å². The third kappa shape index (κ3) is 4.75. The number of cyclic esters (lactones) is 1. The molecule has 3 aromatic rings. The van der Waals surface area contributed by atoms with Crippen LogP contribution in [0, 0.1) is 0 Å². The molecule has 2 aromatic carbocycles. The van der Waals surface area contributed by atoms with Crippen LogP contribution in [0.3, 0.4) is 0 Å². The molecule has 1 unspecified atom stereocenters. The highest BCUT2D eigenvalue weighted by atomic mass is 32.2. The summed E-state index contributed by atoms with van der Waals surface area (Å²) in [6, 6.07) is 11.0. The Labute approximate surface area is 216 Å². The van der Waals surface area contributed by atoms with Crippen LogP contribution in [0.4, 0.5) is 16.2 Å². The molecule has 4 heterocycles. The lowest BCUT2D eigenvalue weighted by atomic mass is 10.2. The maximum Gasteiger partial charge on any atom is 0.414 e. The number of methoxy groups -OCH3 is 1. The van der Waals surface area contributed by atoms with E-state index in [2.05, 4.69) is 15.3 Å². The molecule has 2 saturated heterocycles. The second-order valence-corrected chi connectivity index (χ2v) is 10.2. The smallest absolute Gasteiger partial charge is 0.414 e. The van der Waals surface area contributed by atoms with E-state index in [1.807, 2.05) is 29.2 Å². The van der Waals surface area contributed by atoms with Gasteiger partial charge in [0.05, 0.1) is 36.0 Å². The van der Waals surface area contributed by atoms with E-state index in [1.165, 1.54) is 18.1 Å². The van der Waals surface area contributed by atoms with Crippen LogP contribution in [-0.2, 0) is 9.53 Å². The van der Waals surface area contributed by atoms with E-state index in [9.17, 15) is 14.7 Å². The number of thioether (sulfide) groups is 1. The van der Waals surface area contributed by atoms with Gasteiger partial charge in [-0.1, -0.05) is 0 Å². The number of anilines is 2. The number of fused-ring (bicyclic) bond motifs is 2. The number of ether oxygens (including phenoxy) is 3. The zero-order chi connectivity index (χ0) is 25.5. The van der Waals surface area contributed by atoms with E-state index < -0.39 is 18.3 Å². The SMILES string of the molecule is COc1ccc2ncnc(O[C@@H]3CN(CC4CN(c5ccc6c(c5)NC(=O)CS6)C(=O)O4)C[C@H]3O)c2c1. The lowest BCUT2D eigenvalue weighted by molar-refractivity contribution is -0.113. The van der Waals surface area contributed by atoms with Crippen molar-refractivity contribution in [3.63, 3.8) is 0 Å². The molecule has 2 N–H and O–H groups in total. The minimum Gasteiger partial charge on any atom is -0.497 e. The number of aliphatic hydroxyl groups excluding tert-OH is 1. The first-order valence-electron chi connectivity index (χ1n) is 11.9. The van der Waals surface area contributed by atoms with Gasteiger partial charge in [0.1, 0.15) is 30.4 Å². The number of hydrogen-bond acceptors (Lipinski definition) is 10. The van der Waals surface area contributed by atoms with Gasteiger partial charge in [0.25, 0.3) is 0 Å². The zero-order valence-electron chi connectivity index (χ0n) is 20.0. The molecule has 11 nitrogen and oxygen atoms in total. The maximum atomic E-state index is 12.6. The van der Waals surface area contributed by atoms with Gasteiger partial charge in [0.15, 0.2) is 0 Å². The third-order valence-electron chi connectivity index (χ3n) is 6.63. The molecule has 0 saturated carbocycles. The first-order valence-corrected chi connectivity index (χ1v) is 12.9. The van der Waals surface area contributed by atoms with E-state index in [-0.39, 0.29) is 12.0 Å². The lowest BCUT2D eigenvalue weighted by Gasteiger charge is -2.20. The predicted octanol–water partition coefficient (Wildman–Crippen LogP) is 2.13. The largest absolute Gasteiger partial charge is 0.497 e. The molecule has 2 amide bonds. The highest BCUT2D eigenvalue weighted by Gasteiger charge is 2.39.